The lowest BCUT2D eigenvalue weighted by molar-refractivity contribution is 0.281. The Morgan fingerprint density at radius 2 is 2.03 bits per heavy atom. The second-order valence-electron chi connectivity index (χ2n) is 6.80. The van der Waals surface area contributed by atoms with Crippen LogP contribution < -0.4 is 5.32 Å². The predicted molar refractivity (Wildman–Crippen MR) is 121 cm³/mol. The summed E-state index contributed by atoms with van der Waals surface area (Å²) in [4.78, 5) is 4.82. The Labute approximate surface area is 182 Å². The van der Waals surface area contributed by atoms with Gasteiger partial charge < -0.3 is 10.4 Å². The van der Waals surface area contributed by atoms with E-state index in [-0.39, 0.29) is 6.61 Å². The van der Waals surface area contributed by atoms with Crippen LogP contribution in [0.3, 0.4) is 0 Å². The molecule has 0 fully saturated rings. The fraction of sp³-hybridized carbons (Fsp3) is 0.182. The molecule has 2 aromatic carbocycles. The summed E-state index contributed by atoms with van der Waals surface area (Å²) < 4.78 is 2.56. The molecular formula is C22H20BrClN4O. The van der Waals surface area contributed by atoms with Gasteiger partial charge >= 0.3 is 0 Å². The highest BCUT2D eigenvalue weighted by Crippen LogP contribution is 2.32. The monoisotopic (exact) mass is 470 g/mol. The molecular weight excluding hydrogens is 452 g/mol. The van der Waals surface area contributed by atoms with Crippen LogP contribution in [0.2, 0.25) is 5.02 Å². The lowest BCUT2D eigenvalue weighted by Gasteiger charge is -2.14. The topological polar surface area (TPSA) is 62.5 Å². The zero-order valence-corrected chi connectivity index (χ0v) is 18.4. The lowest BCUT2D eigenvalue weighted by atomic mass is 10.0. The van der Waals surface area contributed by atoms with Gasteiger partial charge in [0, 0.05) is 22.3 Å². The maximum Gasteiger partial charge on any atom is 0.172 e. The fourth-order valence-corrected chi connectivity index (χ4v) is 4.04. The lowest BCUT2D eigenvalue weighted by Crippen LogP contribution is -2.04. The van der Waals surface area contributed by atoms with Crippen molar-refractivity contribution >= 4 is 44.7 Å². The van der Waals surface area contributed by atoms with E-state index in [2.05, 4.69) is 33.3 Å². The number of benzene rings is 2. The van der Waals surface area contributed by atoms with Gasteiger partial charge in [-0.25, -0.2) is 4.98 Å². The zero-order chi connectivity index (χ0) is 20.5. The number of aryl methyl sites for hydroxylation is 1. The smallest absolute Gasteiger partial charge is 0.172 e. The highest BCUT2D eigenvalue weighted by atomic mass is 79.9. The first-order valence-corrected chi connectivity index (χ1v) is 10.5. The Bertz CT molecular complexity index is 1210. The second kappa shape index (κ2) is 8.14. The molecule has 2 aromatic heterocycles. The summed E-state index contributed by atoms with van der Waals surface area (Å²) in [6, 6.07) is 13.8. The maximum absolute atomic E-state index is 9.59. The summed E-state index contributed by atoms with van der Waals surface area (Å²) in [5.41, 5.74) is 6.38. The van der Waals surface area contributed by atoms with Gasteiger partial charge in [0.1, 0.15) is 5.82 Å². The molecule has 2 heterocycles. The van der Waals surface area contributed by atoms with Gasteiger partial charge in [0.15, 0.2) is 5.65 Å². The first-order valence-electron chi connectivity index (χ1n) is 9.31. The van der Waals surface area contributed by atoms with Gasteiger partial charge in [0.2, 0.25) is 0 Å². The van der Waals surface area contributed by atoms with Gasteiger partial charge in [-0.3, -0.25) is 0 Å². The number of halogens is 2. The molecule has 29 heavy (non-hydrogen) atoms. The van der Waals surface area contributed by atoms with E-state index in [4.69, 9.17) is 16.6 Å². The Kier molecular flexibility index (Phi) is 5.58. The van der Waals surface area contributed by atoms with Crippen LogP contribution in [0.1, 0.15) is 23.6 Å². The van der Waals surface area contributed by atoms with Crippen LogP contribution in [-0.4, -0.2) is 19.7 Å². The molecule has 0 saturated heterocycles. The van der Waals surface area contributed by atoms with Crippen molar-refractivity contribution in [1.82, 2.24) is 14.6 Å². The van der Waals surface area contributed by atoms with Crippen molar-refractivity contribution in [3.8, 4) is 11.3 Å². The van der Waals surface area contributed by atoms with E-state index in [9.17, 15) is 5.11 Å². The van der Waals surface area contributed by atoms with Crippen LogP contribution in [0.5, 0.6) is 0 Å². The molecule has 7 heteroatoms. The Morgan fingerprint density at radius 3 is 2.79 bits per heavy atom. The highest BCUT2D eigenvalue weighted by molar-refractivity contribution is 9.10. The molecule has 0 unspecified atom stereocenters. The molecule has 4 aromatic rings. The number of hydrogen-bond donors (Lipinski definition) is 2. The van der Waals surface area contributed by atoms with Crippen LogP contribution in [0.25, 0.3) is 16.9 Å². The quantitative estimate of drug-likeness (QED) is 0.379. The normalized spacial score (nSPS) is 11.2. The molecule has 0 bridgehead atoms. The van der Waals surface area contributed by atoms with Crippen LogP contribution >= 0.6 is 27.5 Å². The number of fused-ring (bicyclic) bond motifs is 1. The Balaban J connectivity index is 1.88. The van der Waals surface area contributed by atoms with E-state index < -0.39 is 0 Å². The average Bonchev–Trinajstić information content (AvgIpc) is 3.10. The zero-order valence-electron chi connectivity index (χ0n) is 16.1. The molecule has 148 valence electrons. The van der Waals surface area contributed by atoms with Gasteiger partial charge in [0.25, 0.3) is 0 Å². The number of aliphatic hydroxyl groups is 1. The van der Waals surface area contributed by atoms with Crippen LogP contribution in [0.4, 0.5) is 11.5 Å². The predicted octanol–water partition coefficient (Wildman–Crippen LogP) is 5.92. The number of aromatic nitrogens is 3. The third-order valence-electron chi connectivity index (χ3n) is 4.97. The summed E-state index contributed by atoms with van der Waals surface area (Å²) >= 11 is 9.97. The SMILES string of the molecule is CCc1c(Cl)cccc1-c1cc(Nc2ccc(C)c(CO)c2)n2ncc(Br)c2n1. The van der Waals surface area contributed by atoms with Gasteiger partial charge in [-0.15, -0.1) is 0 Å². The van der Waals surface area contributed by atoms with E-state index in [1.807, 2.05) is 49.4 Å². The molecule has 4 rings (SSSR count). The molecule has 0 atom stereocenters. The van der Waals surface area contributed by atoms with Crippen LogP contribution in [0.15, 0.2) is 53.1 Å². The summed E-state index contributed by atoms with van der Waals surface area (Å²) in [6.45, 7) is 4.06. The fourth-order valence-electron chi connectivity index (χ4n) is 3.39. The van der Waals surface area contributed by atoms with Gasteiger partial charge in [-0.2, -0.15) is 9.61 Å². The standard InChI is InChI=1S/C22H20BrClN4O/c1-3-16-17(5-4-6-19(16)24)20-10-21(28-22(27-20)18(23)11-25-28)26-15-8-7-13(2)14(9-15)12-29/h4-11,26,29H,3,12H2,1-2H3. The molecule has 0 radical (unpaired) electrons. The Hall–Kier alpha value is -2.41. The van der Waals surface area contributed by atoms with E-state index in [0.717, 1.165) is 55.4 Å². The Morgan fingerprint density at radius 1 is 1.21 bits per heavy atom. The molecule has 0 aliphatic heterocycles. The number of nitrogens with zero attached hydrogens (tertiary/aromatic N) is 3. The number of nitrogens with one attached hydrogen (secondary N) is 1. The van der Waals surface area contributed by atoms with Crippen molar-refractivity contribution in [2.24, 2.45) is 0 Å². The number of anilines is 2. The van der Waals surface area contributed by atoms with Gasteiger partial charge in [-0.1, -0.05) is 36.7 Å². The molecule has 0 amide bonds. The second-order valence-corrected chi connectivity index (χ2v) is 8.06. The summed E-state index contributed by atoms with van der Waals surface area (Å²) in [5, 5.41) is 18.2. The first-order chi connectivity index (χ1) is 14.0. The van der Waals surface area contributed by atoms with Crippen molar-refractivity contribution in [2.75, 3.05) is 5.32 Å². The first kappa shape index (κ1) is 19.9. The average molecular weight is 472 g/mol. The molecule has 5 nitrogen and oxygen atoms in total. The third kappa shape index (κ3) is 3.75. The van der Waals surface area contributed by atoms with Crippen molar-refractivity contribution < 1.29 is 5.11 Å². The minimum atomic E-state index is -0.00590. The number of hydrogen-bond acceptors (Lipinski definition) is 4. The van der Waals surface area contributed by atoms with Crippen molar-refractivity contribution in [1.29, 1.82) is 0 Å². The van der Waals surface area contributed by atoms with E-state index in [1.54, 1.807) is 10.7 Å². The van der Waals surface area contributed by atoms with E-state index >= 15 is 0 Å². The van der Waals surface area contributed by atoms with E-state index in [1.165, 1.54) is 0 Å². The van der Waals surface area contributed by atoms with Crippen LogP contribution in [-0.2, 0) is 13.0 Å². The van der Waals surface area contributed by atoms with E-state index in [0.29, 0.717) is 5.65 Å². The summed E-state index contributed by atoms with van der Waals surface area (Å²) in [7, 11) is 0. The number of rotatable bonds is 5. The van der Waals surface area contributed by atoms with Crippen LogP contribution in [0, 0.1) is 6.92 Å². The minimum absolute atomic E-state index is 0.00590. The summed E-state index contributed by atoms with van der Waals surface area (Å²) in [6.07, 6.45) is 2.53. The molecule has 0 aliphatic rings. The molecule has 0 saturated carbocycles. The largest absolute Gasteiger partial charge is 0.392 e. The molecule has 2 N–H and O–H groups in total. The van der Waals surface area contributed by atoms with Crippen molar-refractivity contribution in [3.63, 3.8) is 0 Å². The minimum Gasteiger partial charge on any atom is -0.392 e. The number of aliphatic hydroxyl groups excluding tert-OH is 1. The third-order valence-corrected chi connectivity index (χ3v) is 5.88. The molecule has 0 spiro atoms. The van der Waals surface area contributed by atoms with Gasteiger partial charge in [0.05, 0.1) is 23.0 Å². The maximum atomic E-state index is 9.59. The summed E-state index contributed by atoms with van der Waals surface area (Å²) in [5.74, 6) is 0.769. The van der Waals surface area contributed by atoms with Gasteiger partial charge in [-0.05, 0) is 64.2 Å². The molecule has 0 aliphatic carbocycles. The van der Waals surface area contributed by atoms with Crippen molar-refractivity contribution in [2.45, 2.75) is 26.9 Å². The van der Waals surface area contributed by atoms with Crippen molar-refractivity contribution in [3.05, 3.63) is 74.8 Å². The highest BCUT2D eigenvalue weighted by Gasteiger charge is 2.15.